The smallest absolute Gasteiger partial charge is 0.416 e. The highest BCUT2D eigenvalue weighted by molar-refractivity contribution is 5.84. The Balaban J connectivity index is 1.62. The van der Waals surface area contributed by atoms with Crippen molar-refractivity contribution >= 4 is 17.6 Å². The molecule has 0 saturated heterocycles. The molecule has 0 amide bonds. The molecule has 136 valence electrons. The van der Waals surface area contributed by atoms with Crippen molar-refractivity contribution in [2.45, 2.75) is 6.18 Å². The number of nitrogens with one attached hydrogen (secondary N) is 1. The van der Waals surface area contributed by atoms with Gasteiger partial charge in [0.2, 0.25) is 5.88 Å². The number of hydrogen-bond donors (Lipinski definition) is 1. The largest absolute Gasteiger partial charge is 0.437 e. The van der Waals surface area contributed by atoms with Crippen LogP contribution in [0, 0.1) is 0 Å². The van der Waals surface area contributed by atoms with E-state index >= 15 is 0 Å². The van der Waals surface area contributed by atoms with Gasteiger partial charge in [-0.05, 0) is 24.3 Å². The number of hydrogen-bond acceptors (Lipinski definition) is 5. The second-order valence-corrected chi connectivity index (χ2v) is 5.76. The summed E-state index contributed by atoms with van der Waals surface area (Å²) in [6.07, 6.45) is -1.33. The Morgan fingerprint density at radius 3 is 2.59 bits per heavy atom. The number of aliphatic imine (C=N–C) groups is 1. The minimum absolute atomic E-state index is 0.272. The molecule has 5 nitrogen and oxygen atoms in total. The number of benzene rings is 2. The molecule has 1 N–H and O–H groups in total. The van der Waals surface area contributed by atoms with Gasteiger partial charge in [-0.25, -0.2) is 9.97 Å². The summed E-state index contributed by atoms with van der Waals surface area (Å²) >= 11 is 0. The summed E-state index contributed by atoms with van der Waals surface area (Å²) in [7, 11) is 0. The molecule has 0 unspecified atom stereocenters. The van der Waals surface area contributed by atoms with Gasteiger partial charge in [0.1, 0.15) is 12.0 Å². The van der Waals surface area contributed by atoms with Gasteiger partial charge in [0.15, 0.2) is 5.75 Å². The predicted molar refractivity (Wildman–Crippen MR) is 95.6 cm³/mol. The molecule has 1 aromatic heterocycles. The highest BCUT2D eigenvalue weighted by Crippen LogP contribution is 2.39. The molecule has 0 fully saturated rings. The van der Waals surface area contributed by atoms with Gasteiger partial charge in [-0.15, -0.1) is 0 Å². The van der Waals surface area contributed by atoms with Crippen molar-refractivity contribution in [1.82, 2.24) is 9.97 Å². The molecule has 27 heavy (non-hydrogen) atoms. The van der Waals surface area contributed by atoms with Gasteiger partial charge in [0.25, 0.3) is 0 Å². The fourth-order valence-electron chi connectivity index (χ4n) is 2.67. The van der Waals surface area contributed by atoms with Gasteiger partial charge < -0.3 is 10.1 Å². The number of anilines is 1. The van der Waals surface area contributed by atoms with Gasteiger partial charge in [-0.2, -0.15) is 13.2 Å². The molecule has 0 saturated carbocycles. The first kappa shape index (κ1) is 17.0. The van der Waals surface area contributed by atoms with Crippen LogP contribution in [0.25, 0.3) is 11.3 Å². The Bertz CT molecular complexity index is 1000. The fraction of sp³-hybridized carbons (Fsp3) is 0.105. The number of ether oxygens (including phenoxy) is 1. The topological polar surface area (TPSA) is 59.4 Å². The Morgan fingerprint density at radius 1 is 1.00 bits per heavy atom. The van der Waals surface area contributed by atoms with Gasteiger partial charge in [-0.1, -0.05) is 18.2 Å². The lowest BCUT2D eigenvalue weighted by atomic mass is 10.1. The lowest BCUT2D eigenvalue weighted by Crippen LogP contribution is -2.07. The molecule has 3 aromatic rings. The van der Waals surface area contributed by atoms with Crippen LogP contribution in [0.3, 0.4) is 0 Å². The molecule has 4 rings (SSSR count). The van der Waals surface area contributed by atoms with Crippen LogP contribution in [0.15, 0.2) is 59.9 Å². The van der Waals surface area contributed by atoms with E-state index < -0.39 is 11.7 Å². The van der Waals surface area contributed by atoms with Crippen LogP contribution in [0.5, 0.6) is 11.6 Å². The van der Waals surface area contributed by atoms with Crippen LogP contribution in [-0.2, 0) is 6.18 Å². The number of halogens is 3. The summed E-state index contributed by atoms with van der Waals surface area (Å²) in [5.41, 5.74) is 1.80. The Hall–Kier alpha value is -3.42. The van der Waals surface area contributed by atoms with E-state index in [0.717, 1.165) is 17.8 Å². The number of fused-ring (bicyclic) bond motifs is 1. The number of para-hydroxylation sites is 1. The summed E-state index contributed by atoms with van der Waals surface area (Å²) in [4.78, 5) is 12.5. The summed E-state index contributed by atoms with van der Waals surface area (Å²) < 4.78 is 43.9. The molecular formula is C19H13F3N4O. The van der Waals surface area contributed by atoms with Gasteiger partial charge in [0, 0.05) is 17.8 Å². The predicted octanol–water partition coefficient (Wildman–Crippen LogP) is 5.08. The van der Waals surface area contributed by atoms with Gasteiger partial charge in [0.05, 0.1) is 23.5 Å². The molecular weight excluding hydrogens is 357 g/mol. The second kappa shape index (κ2) is 6.71. The van der Waals surface area contributed by atoms with E-state index in [2.05, 4.69) is 20.3 Å². The molecule has 0 radical (unpaired) electrons. The summed E-state index contributed by atoms with van der Waals surface area (Å²) in [5.74, 6) is 0.794. The maximum atomic E-state index is 12.7. The molecule has 2 aromatic carbocycles. The van der Waals surface area contributed by atoms with E-state index in [-0.39, 0.29) is 5.88 Å². The molecule has 0 spiro atoms. The average molecular weight is 370 g/mol. The number of aromatic nitrogens is 2. The van der Waals surface area contributed by atoms with Crippen molar-refractivity contribution < 1.29 is 17.9 Å². The summed E-state index contributed by atoms with van der Waals surface area (Å²) in [5, 5.41) is 3.19. The third-order valence-corrected chi connectivity index (χ3v) is 3.97. The van der Waals surface area contributed by atoms with Crippen LogP contribution in [0.2, 0.25) is 0 Å². The number of rotatable bonds is 3. The second-order valence-electron chi connectivity index (χ2n) is 5.76. The van der Waals surface area contributed by atoms with E-state index in [1.54, 1.807) is 18.3 Å². The van der Waals surface area contributed by atoms with Crippen molar-refractivity contribution in [1.29, 1.82) is 0 Å². The Morgan fingerprint density at radius 2 is 1.81 bits per heavy atom. The van der Waals surface area contributed by atoms with Crippen LogP contribution < -0.4 is 10.1 Å². The van der Waals surface area contributed by atoms with Crippen molar-refractivity contribution in [2.75, 3.05) is 11.9 Å². The molecule has 1 aliphatic rings. The highest BCUT2D eigenvalue weighted by Gasteiger charge is 2.30. The number of alkyl halides is 3. The number of nitrogens with zero attached hydrogens (tertiary/aromatic N) is 3. The maximum absolute atomic E-state index is 12.7. The quantitative estimate of drug-likeness (QED) is 0.698. The third-order valence-electron chi connectivity index (χ3n) is 3.97. The van der Waals surface area contributed by atoms with E-state index in [0.29, 0.717) is 29.2 Å². The Kier molecular flexibility index (Phi) is 4.23. The van der Waals surface area contributed by atoms with E-state index in [1.165, 1.54) is 18.5 Å². The van der Waals surface area contributed by atoms with Crippen molar-refractivity contribution in [3.05, 3.63) is 60.4 Å². The monoisotopic (exact) mass is 370 g/mol. The van der Waals surface area contributed by atoms with Crippen LogP contribution >= 0.6 is 0 Å². The zero-order valence-corrected chi connectivity index (χ0v) is 13.9. The maximum Gasteiger partial charge on any atom is 0.416 e. The average Bonchev–Trinajstić information content (AvgIpc) is 2.68. The van der Waals surface area contributed by atoms with Crippen molar-refractivity contribution in [3.63, 3.8) is 0 Å². The lowest BCUT2D eigenvalue weighted by molar-refractivity contribution is -0.137. The first-order valence-electron chi connectivity index (χ1n) is 8.08. The molecule has 0 aliphatic carbocycles. The van der Waals surface area contributed by atoms with Crippen molar-refractivity contribution in [2.24, 2.45) is 4.99 Å². The molecule has 8 heteroatoms. The molecule has 2 heterocycles. The molecule has 1 aliphatic heterocycles. The normalized spacial score (nSPS) is 13.0. The van der Waals surface area contributed by atoms with E-state index in [1.807, 2.05) is 12.1 Å². The minimum atomic E-state index is -4.38. The summed E-state index contributed by atoms with van der Waals surface area (Å²) in [6.45, 7) is 0.641. The first-order chi connectivity index (χ1) is 13.0. The van der Waals surface area contributed by atoms with Gasteiger partial charge >= 0.3 is 6.18 Å². The zero-order chi connectivity index (χ0) is 18.9. The van der Waals surface area contributed by atoms with Gasteiger partial charge in [-0.3, -0.25) is 4.99 Å². The highest BCUT2D eigenvalue weighted by atomic mass is 19.4. The van der Waals surface area contributed by atoms with Crippen LogP contribution in [0.4, 0.5) is 24.5 Å². The fourth-order valence-corrected chi connectivity index (χ4v) is 2.67. The first-order valence-corrected chi connectivity index (χ1v) is 8.08. The standard InChI is InChI=1S/C19H13F3N4O/c20-19(21,22)13-6-4-12(5-7-13)15-10-17(26-11-25-15)27-16-3-1-2-14-18(16)24-9-8-23-14/h1-7,9-11,23H,8H2. The molecule has 0 bridgehead atoms. The lowest BCUT2D eigenvalue weighted by Gasteiger charge is -2.15. The van der Waals surface area contributed by atoms with Crippen LogP contribution in [-0.4, -0.2) is 22.7 Å². The summed E-state index contributed by atoms with van der Waals surface area (Å²) in [6, 6.07) is 11.8. The van der Waals surface area contributed by atoms with Crippen LogP contribution in [0.1, 0.15) is 5.56 Å². The SMILES string of the molecule is FC(F)(F)c1ccc(-c2cc(Oc3cccc4c3N=CCN4)ncn2)cc1. The third kappa shape index (κ3) is 3.59. The van der Waals surface area contributed by atoms with E-state index in [9.17, 15) is 13.2 Å². The van der Waals surface area contributed by atoms with Crippen molar-refractivity contribution in [3.8, 4) is 22.9 Å². The minimum Gasteiger partial charge on any atom is -0.437 e. The Labute approximate surface area is 152 Å². The zero-order valence-electron chi connectivity index (χ0n) is 13.9. The molecule has 0 atom stereocenters. The van der Waals surface area contributed by atoms with E-state index in [4.69, 9.17) is 4.74 Å².